The van der Waals surface area contributed by atoms with Crippen molar-refractivity contribution in [3.05, 3.63) is 0 Å². The summed E-state index contributed by atoms with van der Waals surface area (Å²) >= 11 is 0. The average molecular weight is 205 g/mol. The molecule has 0 heterocycles. The number of ether oxygens (including phenoxy) is 1. The Kier molecular flexibility index (Phi) is 5.19. The van der Waals surface area contributed by atoms with Crippen LogP contribution in [0.4, 0.5) is 17.6 Å². The van der Waals surface area contributed by atoms with Crippen molar-refractivity contribution >= 4 is 0 Å². The van der Waals surface area contributed by atoms with Crippen molar-refractivity contribution in [3.8, 4) is 0 Å². The number of rotatable bonds is 6. The first-order valence-electron chi connectivity index (χ1n) is 3.52. The standard InChI is InChI=1S/C6H11F4NO2/c7-5(8)6(9,10)3-13-2-4(12)1-11/h4-5,12H,1-3,11H2/t4-/m1/s1. The van der Waals surface area contributed by atoms with E-state index in [1.165, 1.54) is 0 Å². The van der Waals surface area contributed by atoms with E-state index in [9.17, 15) is 17.6 Å². The van der Waals surface area contributed by atoms with Crippen LogP contribution in [0, 0.1) is 0 Å². The molecule has 0 unspecified atom stereocenters. The van der Waals surface area contributed by atoms with Gasteiger partial charge in [-0.25, -0.2) is 8.78 Å². The van der Waals surface area contributed by atoms with Crippen LogP contribution in [0.25, 0.3) is 0 Å². The number of aliphatic hydroxyl groups excluding tert-OH is 1. The Bertz CT molecular complexity index is 145. The quantitative estimate of drug-likeness (QED) is 0.610. The predicted molar refractivity (Wildman–Crippen MR) is 36.8 cm³/mol. The molecular formula is C6H11F4NO2. The maximum absolute atomic E-state index is 12.1. The van der Waals surface area contributed by atoms with Gasteiger partial charge in [-0.15, -0.1) is 0 Å². The van der Waals surface area contributed by atoms with Crippen LogP contribution in [-0.4, -0.2) is 43.3 Å². The topological polar surface area (TPSA) is 55.5 Å². The molecule has 0 bridgehead atoms. The van der Waals surface area contributed by atoms with Crippen LogP contribution in [0.1, 0.15) is 0 Å². The summed E-state index contributed by atoms with van der Waals surface area (Å²) in [6.07, 6.45) is -4.86. The lowest BCUT2D eigenvalue weighted by atomic mass is 10.3. The number of halogens is 4. The number of aliphatic hydroxyl groups is 1. The van der Waals surface area contributed by atoms with Gasteiger partial charge in [0.25, 0.3) is 0 Å². The molecule has 0 fully saturated rings. The average Bonchev–Trinajstić information content (AvgIpc) is 2.03. The first-order valence-corrected chi connectivity index (χ1v) is 3.52. The molecule has 0 amide bonds. The summed E-state index contributed by atoms with van der Waals surface area (Å²) in [6.45, 7) is -2.05. The fourth-order valence-electron chi connectivity index (χ4n) is 0.462. The fourth-order valence-corrected chi connectivity index (χ4v) is 0.462. The van der Waals surface area contributed by atoms with Crippen molar-refractivity contribution in [2.24, 2.45) is 5.73 Å². The molecule has 3 nitrogen and oxygen atoms in total. The molecule has 0 radical (unpaired) electrons. The lowest BCUT2D eigenvalue weighted by Gasteiger charge is -2.16. The van der Waals surface area contributed by atoms with Crippen LogP contribution in [0.3, 0.4) is 0 Å². The van der Waals surface area contributed by atoms with Crippen molar-refractivity contribution in [1.29, 1.82) is 0 Å². The van der Waals surface area contributed by atoms with Gasteiger partial charge in [0.1, 0.15) is 6.61 Å². The number of alkyl halides is 4. The van der Waals surface area contributed by atoms with E-state index in [0.29, 0.717) is 0 Å². The second-order valence-electron chi connectivity index (χ2n) is 2.47. The van der Waals surface area contributed by atoms with Crippen LogP contribution >= 0.6 is 0 Å². The molecule has 0 aromatic heterocycles. The second-order valence-corrected chi connectivity index (χ2v) is 2.47. The minimum atomic E-state index is -4.17. The summed E-state index contributed by atoms with van der Waals surface area (Å²) in [5.41, 5.74) is 4.92. The van der Waals surface area contributed by atoms with Crippen LogP contribution in [0.5, 0.6) is 0 Å². The van der Waals surface area contributed by atoms with E-state index in [2.05, 4.69) is 4.74 Å². The first-order chi connectivity index (χ1) is 5.90. The van der Waals surface area contributed by atoms with Gasteiger partial charge in [0.15, 0.2) is 0 Å². The number of nitrogens with two attached hydrogens (primary N) is 1. The number of hydrogen-bond donors (Lipinski definition) is 2. The lowest BCUT2D eigenvalue weighted by Crippen LogP contribution is -2.35. The highest BCUT2D eigenvalue weighted by Crippen LogP contribution is 2.22. The molecule has 1 atom stereocenters. The minimum absolute atomic E-state index is 0.166. The van der Waals surface area contributed by atoms with E-state index >= 15 is 0 Å². The third kappa shape index (κ3) is 5.02. The zero-order chi connectivity index (χ0) is 10.5. The van der Waals surface area contributed by atoms with E-state index in [-0.39, 0.29) is 6.54 Å². The molecule has 0 rings (SSSR count). The normalized spacial score (nSPS) is 15.0. The van der Waals surface area contributed by atoms with Gasteiger partial charge in [-0.3, -0.25) is 0 Å². The van der Waals surface area contributed by atoms with Crippen molar-refractivity contribution in [2.75, 3.05) is 19.8 Å². The predicted octanol–water partition coefficient (Wildman–Crippen LogP) is 0.223. The van der Waals surface area contributed by atoms with E-state index in [0.717, 1.165) is 0 Å². The summed E-state index contributed by atoms with van der Waals surface area (Å²) in [5.74, 6) is -4.17. The Morgan fingerprint density at radius 1 is 1.38 bits per heavy atom. The van der Waals surface area contributed by atoms with Gasteiger partial charge in [-0.05, 0) is 0 Å². The Morgan fingerprint density at radius 3 is 2.31 bits per heavy atom. The highest BCUT2D eigenvalue weighted by Gasteiger charge is 2.40. The van der Waals surface area contributed by atoms with Crippen molar-refractivity contribution in [1.82, 2.24) is 0 Å². The number of hydrogen-bond acceptors (Lipinski definition) is 3. The molecule has 0 saturated heterocycles. The highest BCUT2D eigenvalue weighted by molar-refractivity contribution is 4.68. The fraction of sp³-hybridized carbons (Fsp3) is 1.00. The molecular weight excluding hydrogens is 194 g/mol. The first kappa shape index (κ1) is 12.6. The highest BCUT2D eigenvalue weighted by atomic mass is 19.3. The molecule has 3 N–H and O–H groups in total. The lowest BCUT2D eigenvalue weighted by molar-refractivity contribution is -0.170. The monoisotopic (exact) mass is 205 g/mol. The molecule has 0 aromatic carbocycles. The van der Waals surface area contributed by atoms with Gasteiger partial charge in [0.2, 0.25) is 0 Å². The van der Waals surface area contributed by atoms with Crippen LogP contribution in [0.15, 0.2) is 0 Å². The summed E-state index contributed by atoms with van der Waals surface area (Å²) in [7, 11) is 0. The van der Waals surface area contributed by atoms with E-state index in [4.69, 9.17) is 10.8 Å². The summed E-state index contributed by atoms with van der Waals surface area (Å²) < 4.78 is 51.4. The molecule has 13 heavy (non-hydrogen) atoms. The minimum Gasteiger partial charge on any atom is -0.389 e. The molecule has 0 aliphatic heterocycles. The Hall–Kier alpha value is -0.400. The zero-order valence-corrected chi connectivity index (χ0v) is 6.72. The Morgan fingerprint density at radius 2 is 1.92 bits per heavy atom. The molecule has 80 valence electrons. The third-order valence-corrected chi connectivity index (χ3v) is 1.20. The van der Waals surface area contributed by atoms with Gasteiger partial charge in [0, 0.05) is 6.54 Å². The summed E-state index contributed by atoms with van der Waals surface area (Å²) in [5, 5.41) is 8.71. The molecule has 0 aromatic rings. The SMILES string of the molecule is NC[C@@H](O)COCC(F)(F)C(F)F. The summed E-state index contributed by atoms with van der Waals surface area (Å²) in [6, 6.07) is 0. The summed E-state index contributed by atoms with van der Waals surface area (Å²) in [4.78, 5) is 0. The van der Waals surface area contributed by atoms with Crippen LogP contribution in [-0.2, 0) is 4.74 Å². The van der Waals surface area contributed by atoms with Gasteiger partial charge in [0.05, 0.1) is 12.7 Å². The van der Waals surface area contributed by atoms with Crippen LogP contribution < -0.4 is 5.73 Å². The molecule has 0 saturated carbocycles. The van der Waals surface area contributed by atoms with Crippen LogP contribution in [0.2, 0.25) is 0 Å². The van der Waals surface area contributed by atoms with E-state index in [1.807, 2.05) is 0 Å². The Balaban J connectivity index is 3.63. The zero-order valence-electron chi connectivity index (χ0n) is 6.72. The molecule has 7 heteroatoms. The molecule has 0 aliphatic carbocycles. The maximum atomic E-state index is 12.1. The Labute approximate surface area is 72.5 Å². The molecule has 0 aliphatic rings. The van der Waals surface area contributed by atoms with Crippen molar-refractivity contribution in [3.63, 3.8) is 0 Å². The van der Waals surface area contributed by atoms with E-state index in [1.54, 1.807) is 0 Å². The van der Waals surface area contributed by atoms with E-state index < -0.39 is 31.7 Å². The second kappa shape index (κ2) is 5.36. The smallest absolute Gasteiger partial charge is 0.330 e. The maximum Gasteiger partial charge on any atom is 0.330 e. The third-order valence-electron chi connectivity index (χ3n) is 1.20. The van der Waals surface area contributed by atoms with Gasteiger partial charge in [-0.1, -0.05) is 0 Å². The van der Waals surface area contributed by atoms with Gasteiger partial charge < -0.3 is 15.6 Å². The largest absolute Gasteiger partial charge is 0.389 e. The molecule has 0 spiro atoms. The van der Waals surface area contributed by atoms with Crippen molar-refractivity contribution in [2.45, 2.75) is 18.5 Å². The van der Waals surface area contributed by atoms with Crippen molar-refractivity contribution < 1.29 is 27.4 Å². The van der Waals surface area contributed by atoms with Gasteiger partial charge >= 0.3 is 12.3 Å². The van der Waals surface area contributed by atoms with Gasteiger partial charge in [-0.2, -0.15) is 8.78 Å².